The van der Waals surface area contributed by atoms with E-state index in [1.54, 1.807) is 12.3 Å². The second-order valence-corrected chi connectivity index (χ2v) is 11.2. The minimum atomic E-state index is -3.84. The summed E-state index contributed by atoms with van der Waals surface area (Å²) in [6.45, 7) is 4.99. The number of fused-ring (bicyclic) bond motifs is 1. The van der Waals surface area contributed by atoms with E-state index in [1.165, 1.54) is 16.4 Å². The maximum atomic E-state index is 12.6. The summed E-state index contributed by atoms with van der Waals surface area (Å²) in [5.74, 6) is 10.8. The minimum absolute atomic E-state index is 0. The van der Waals surface area contributed by atoms with Gasteiger partial charge in [0.2, 0.25) is 0 Å². The Labute approximate surface area is 205 Å². The van der Waals surface area contributed by atoms with Crippen molar-refractivity contribution in [2.24, 2.45) is 5.92 Å². The fraction of sp³-hybridized carbons (Fsp3) is 0.545. The zero-order chi connectivity index (χ0) is 23.1. The Kier molecular flexibility index (Phi) is 7.38. The molecule has 1 aromatic heterocycles. The number of amides is 1. The number of nitrogens with zero attached hydrogens (tertiary/aromatic N) is 3. The summed E-state index contributed by atoms with van der Waals surface area (Å²) in [5, 5.41) is 9.36. The fourth-order valence-electron chi connectivity index (χ4n) is 3.84. The SMILES string of the molecule is C[C@@](CCN1Cc2cc(C#CC#CC3CN(C4COC4)C3)cn2C1=O)(C(=O)O)S(C)(=O)=O.[LiH]. The summed E-state index contributed by atoms with van der Waals surface area (Å²) >= 11 is 0. The van der Waals surface area contributed by atoms with Crippen LogP contribution in [0, 0.1) is 29.6 Å². The van der Waals surface area contributed by atoms with E-state index < -0.39 is 20.6 Å². The number of carboxylic acid groups (broad SMARTS) is 1. The van der Waals surface area contributed by atoms with Crippen molar-refractivity contribution in [2.75, 3.05) is 39.1 Å². The summed E-state index contributed by atoms with van der Waals surface area (Å²) in [4.78, 5) is 27.9. The first-order chi connectivity index (χ1) is 15.1. The standard InChI is InChI=1S/C22H25N3O6S.Li.H/c1-22(20(26)27,32(2,29)30)7-8-23-13-18-9-16(12-25(18)21(23)28)5-3-4-6-17-10-24(11-17)19-14-31-15-19;;/h9,12,17,19H,7-8,10-11,13-15H2,1-2H3,(H,26,27);;/t22-;;/m1../s1. The first-order valence-corrected chi connectivity index (χ1v) is 12.2. The number of carbonyl (C=O) groups is 2. The Morgan fingerprint density at radius 3 is 2.55 bits per heavy atom. The Morgan fingerprint density at radius 1 is 1.30 bits per heavy atom. The molecular formula is C22H26LiN3O6S. The Bertz CT molecular complexity index is 1180. The van der Waals surface area contributed by atoms with Crippen molar-refractivity contribution >= 4 is 40.7 Å². The van der Waals surface area contributed by atoms with E-state index in [0.29, 0.717) is 17.5 Å². The van der Waals surface area contributed by atoms with Crippen molar-refractivity contribution in [3.63, 3.8) is 0 Å². The molecule has 1 aromatic rings. The summed E-state index contributed by atoms with van der Waals surface area (Å²) in [6.07, 6.45) is 2.34. The molecule has 2 fully saturated rings. The van der Waals surface area contributed by atoms with Crippen LogP contribution in [-0.2, 0) is 25.9 Å². The van der Waals surface area contributed by atoms with Crippen LogP contribution in [-0.4, -0.2) is 109 Å². The van der Waals surface area contributed by atoms with Gasteiger partial charge < -0.3 is 14.7 Å². The van der Waals surface area contributed by atoms with Gasteiger partial charge in [-0.05, 0) is 31.3 Å². The molecule has 2 saturated heterocycles. The van der Waals surface area contributed by atoms with E-state index >= 15 is 0 Å². The Hall–Kier alpha value is -2.19. The van der Waals surface area contributed by atoms with Crippen molar-refractivity contribution in [3.05, 3.63) is 23.5 Å². The molecule has 0 bridgehead atoms. The second kappa shape index (κ2) is 9.58. The summed E-state index contributed by atoms with van der Waals surface area (Å²) in [7, 11) is -3.84. The van der Waals surface area contributed by atoms with Crippen molar-refractivity contribution < 1.29 is 27.9 Å². The molecule has 0 aliphatic carbocycles. The molecule has 11 heteroatoms. The molecule has 1 atom stereocenters. The molecule has 0 unspecified atom stereocenters. The monoisotopic (exact) mass is 467 g/mol. The van der Waals surface area contributed by atoms with Gasteiger partial charge in [0, 0.05) is 49.3 Å². The van der Waals surface area contributed by atoms with Crippen molar-refractivity contribution in [3.8, 4) is 23.7 Å². The van der Waals surface area contributed by atoms with Gasteiger partial charge in [0.1, 0.15) is 0 Å². The predicted octanol–water partition coefficient (Wildman–Crippen LogP) is -0.413. The average molecular weight is 467 g/mol. The van der Waals surface area contributed by atoms with Gasteiger partial charge in [-0.1, -0.05) is 11.8 Å². The molecule has 3 aliphatic rings. The molecule has 0 aromatic carbocycles. The van der Waals surface area contributed by atoms with E-state index in [2.05, 4.69) is 28.6 Å². The van der Waals surface area contributed by atoms with Crippen LogP contribution in [0.25, 0.3) is 0 Å². The summed E-state index contributed by atoms with van der Waals surface area (Å²) in [5.41, 5.74) is 1.40. The van der Waals surface area contributed by atoms with Gasteiger partial charge in [0.05, 0.1) is 25.8 Å². The number of carbonyl (C=O) groups excluding carboxylic acids is 1. The van der Waals surface area contributed by atoms with Crippen LogP contribution < -0.4 is 0 Å². The molecule has 33 heavy (non-hydrogen) atoms. The van der Waals surface area contributed by atoms with Gasteiger partial charge in [0.25, 0.3) is 0 Å². The van der Waals surface area contributed by atoms with Crippen molar-refractivity contribution in [1.82, 2.24) is 14.4 Å². The normalized spacial score (nSPS) is 20.2. The molecule has 0 radical (unpaired) electrons. The van der Waals surface area contributed by atoms with Crippen molar-refractivity contribution in [2.45, 2.75) is 30.7 Å². The zero-order valence-electron chi connectivity index (χ0n) is 18.0. The molecule has 4 rings (SSSR count). The van der Waals surface area contributed by atoms with Gasteiger partial charge in [-0.15, -0.1) is 0 Å². The van der Waals surface area contributed by atoms with E-state index in [4.69, 9.17) is 4.74 Å². The molecular weight excluding hydrogens is 441 g/mol. The fourth-order valence-corrected chi connectivity index (χ4v) is 4.62. The molecule has 3 aliphatic heterocycles. The topological polar surface area (TPSA) is 109 Å². The second-order valence-electron chi connectivity index (χ2n) is 8.71. The number of sulfone groups is 1. The number of rotatable bonds is 6. The van der Waals surface area contributed by atoms with E-state index in [0.717, 1.165) is 38.3 Å². The van der Waals surface area contributed by atoms with Gasteiger partial charge in [-0.2, -0.15) is 0 Å². The van der Waals surface area contributed by atoms with Crippen LogP contribution in [0.15, 0.2) is 12.3 Å². The van der Waals surface area contributed by atoms with Crippen LogP contribution in [0.5, 0.6) is 0 Å². The summed E-state index contributed by atoms with van der Waals surface area (Å²) in [6, 6.07) is 2.01. The third-order valence-electron chi connectivity index (χ3n) is 6.45. The van der Waals surface area contributed by atoms with Gasteiger partial charge in [-0.3, -0.25) is 14.3 Å². The number of hydrogen-bond donors (Lipinski definition) is 1. The Balaban J connectivity index is 0.00000306. The van der Waals surface area contributed by atoms with E-state index in [1.807, 2.05) is 0 Å². The molecule has 4 heterocycles. The van der Waals surface area contributed by atoms with Crippen LogP contribution >= 0.6 is 0 Å². The number of ether oxygens (including phenoxy) is 1. The van der Waals surface area contributed by atoms with Gasteiger partial charge in [-0.25, -0.2) is 13.2 Å². The number of carboxylic acids is 1. The number of likely N-dealkylation sites (tertiary alicyclic amines) is 1. The van der Waals surface area contributed by atoms with Crippen LogP contribution in [0.2, 0.25) is 0 Å². The molecule has 172 valence electrons. The first kappa shape index (κ1) is 25.4. The molecule has 0 saturated carbocycles. The summed E-state index contributed by atoms with van der Waals surface area (Å²) < 4.78 is 28.6. The number of aromatic nitrogens is 1. The van der Waals surface area contributed by atoms with E-state index in [9.17, 15) is 23.1 Å². The van der Waals surface area contributed by atoms with Gasteiger partial charge >= 0.3 is 30.9 Å². The third-order valence-corrected chi connectivity index (χ3v) is 8.47. The predicted molar refractivity (Wildman–Crippen MR) is 123 cm³/mol. The van der Waals surface area contributed by atoms with Gasteiger partial charge in [0.15, 0.2) is 14.6 Å². The molecule has 0 spiro atoms. The Morgan fingerprint density at radius 2 is 2.00 bits per heavy atom. The quantitative estimate of drug-likeness (QED) is 0.447. The first-order valence-electron chi connectivity index (χ1n) is 10.4. The molecule has 1 amide bonds. The van der Waals surface area contributed by atoms with E-state index in [-0.39, 0.29) is 44.4 Å². The maximum absolute atomic E-state index is 12.6. The average Bonchev–Trinajstić information content (AvgIpc) is 3.16. The molecule has 9 nitrogen and oxygen atoms in total. The van der Waals surface area contributed by atoms with Crippen molar-refractivity contribution in [1.29, 1.82) is 0 Å². The molecule has 1 N–H and O–H groups in total. The van der Waals surface area contributed by atoms with Crippen LogP contribution in [0.4, 0.5) is 4.79 Å². The van der Waals surface area contributed by atoms with Crippen LogP contribution in [0.3, 0.4) is 0 Å². The third kappa shape index (κ3) is 5.01. The zero-order valence-corrected chi connectivity index (χ0v) is 18.8. The number of hydrogen-bond acceptors (Lipinski definition) is 6. The number of aliphatic carboxylic acids is 1. The van der Waals surface area contributed by atoms with Crippen LogP contribution in [0.1, 0.15) is 24.6 Å².